The predicted octanol–water partition coefficient (Wildman–Crippen LogP) is 3.22. The average molecular weight is 309 g/mol. The number of methoxy groups -OCH3 is 1. The van der Waals surface area contributed by atoms with E-state index in [9.17, 15) is 9.59 Å². The lowest BCUT2D eigenvalue weighted by molar-refractivity contribution is -0.123. The molecule has 1 fully saturated rings. The standard InChI is InChI=1S/C18H15NO4/c1-22-15-9-5-8-14(10-15)11-16-17(20)19(18(21)23-16)12-13-6-3-2-4-7-13/h2-11H,12H2,1H3/b16-11-. The lowest BCUT2D eigenvalue weighted by Crippen LogP contribution is -2.28. The van der Waals surface area contributed by atoms with Crippen molar-refractivity contribution in [2.45, 2.75) is 6.54 Å². The Hall–Kier alpha value is -3.08. The zero-order valence-corrected chi connectivity index (χ0v) is 12.6. The van der Waals surface area contributed by atoms with Gasteiger partial charge in [0.1, 0.15) is 5.75 Å². The number of carbonyl (C=O) groups excluding carboxylic acids is 2. The molecule has 0 bridgehead atoms. The van der Waals surface area contributed by atoms with Crippen LogP contribution in [-0.4, -0.2) is 24.0 Å². The molecule has 5 heteroatoms. The van der Waals surface area contributed by atoms with Gasteiger partial charge in [-0.2, -0.15) is 0 Å². The number of imide groups is 1. The van der Waals surface area contributed by atoms with Crippen molar-refractivity contribution in [1.29, 1.82) is 0 Å². The highest BCUT2D eigenvalue weighted by molar-refractivity contribution is 6.09. The second kappa shape index (κ2) is 6.36. The Kier molecular flexibility index (Phi) is 4.10. The van der Waals surface area contributed by atoms with Gasteiger partial charge < -0.3 is 9.47 Å². The number of nitrogens with zero attached hydrogens (tertiary/aromatic N) is 1. The van der Waals surface area contributed by atoms with Crippen molar-refractivity contribution < 1.29 is 19.1 Å². The van der Waals surface area contributed by atoms with Gasteiger partial charge in [-0.3, -0.25) is 4.79 Å². The van der Waals surface area contributed by atoms with E-state index in [4.69, 9.17) is 9.47 Å². The van der Waals surface area contributed by atoms with E-state index in [0.29, 0.717) is 5.75 Å². The van der Waals surface area contributed by atoms with E-state index in [1.54, 1.807) is 31.4 Å². The van der Waals surface area contributed by atoms with Gasteiger partial charge in [0, 0.05) is 0 Å². The summed E-state index contributed by atoms with van der Waals surface area (Å²) < 4.78 is 10.2. The molecule has 0 aromatic heterocycles. The van der Waals surface area contributed by atoms with E-state index in [1.165, 1.54) is 6.08 Å². The molecule has 0 N–H and O–H groups in total. The van der Waals surface area contributed by atoms with Gasteiger partial charge in [-0.25, -0.2) is 9.69 Å². The van der Waals surface area contributed by atoms with Crippen LogP contribution in [0.4, 0.5) is 4.79 Å². The Morgan fingerprint density at radius 1 is 1.09 bits per heavy atom. The summed E-state index contributed by atoms with van der Waals surface area (Å²) >= 11 is 0. The summed E-state index contributed by atoms with van der Waals surface area (Å²) in [4.78, 5) is 25.4. The maximum absolute atomic E-state index is 12.4. The zero-order valence-electron chi connectivity index (χ0n) is 12.6. The Morgan fingerprint density at radius 3 is 2.61 bits per heavy atom. The maximum atomic E-state index is 12.4. The minimum Gasteiger partial charge on any atom is -0.497 e. The van der Waals surface area contributed by atoms with E-state index in [0.717, 1.165) is 16.0 Å². The van der Waals surface area contributed by atoms with Gasteiger partial charge in [0.25, 0.3) is 5.91 Å². The first-order valence-electron chi connectivity index (χ1n) is 7.11. The minimum atomic E-state index is -0.659. The summed E-state index contributed by atoms with van der Waals surface area (Å²) in [6.45, 7) is 0.188. The maximum Gasteiger partial charge on any atom is 0.422 e. The summed E-state index contributed by atoms with van der Waals surface area (Å²) in [5.41, 5.74) is 1.59. The largest absolute Gasteiger partial charge is 0.497 e. The molecule has 0 spiro atoms. The van der Waals surface area contributed by atoms with Crippen LogP contribution < -0.4 is 4.74 Å². The van der Waals surface area contributed by atoms with E-state index in [2.05, 4.69) is 0 Å². The zero-order chi connectivity index (χ0) is 16.2. The molecule has 0 atom stereocenters. The van der Waals surface area contributed by atoms with Crippen LogP contribution in [0.5, 0.6) is 5.75 Å². The Labute approximate surface area is 133 Å². The number of benzene rings is 2. The highest BCUT2D eigenvalue weighted by Gasteiger charge is 2.36. The Morgan fingerprint density at radius 2 is 1.87 bits per heavy atom. The number of hydrogen-bond acceptors (Lipinski definition) is 4. The smallest absolute Gasteiger partial charge is 0.422 e. The van der Waals surface area contributed by atoms with Crippen molar-refractivity contribution >= 4 is 18.1 Å². The fourth-order valence-electron chi connectivity index (χ4n) is 2.28. The average Bonchev–Trinajstić information content (AvgIpc) is 2.83. The second-order valence-electron chi connectivity index (χ2n) is 5.03. The molecule has 116 valence electrons. The Balaban J connectivity index is 1.81. The van der Waals surface area contributed by atoms with Crippen LogP contribution in [0, 0.1) is 0 Å². The number of ether oxygens (including phenoxy) is 2. The molecular weight excluding hydrogens is 294 g/mol. The van der Waals surface area contributed by atoms with Crippen molar-refractivity contribution in [1.82, 2.24) is 4.90 Å². The summed E-state index contributed by atoms with van der Waals surface area (Å²) in [5.74, 6) is 0.234. The van der Waals surface area contributed by atoms with Gasteiger partial charge in [0.05, 0.1) is 13.7 Å². The van der Waals surface area contributed by atoms with Crippen LogP contribution in [0.3, 0.4) is 0 Å². The van der Waals surface area contributed by atoms with Gasteiger partial charge in [-0.1, -0.05) is 42.5 Å². The van der Waals surface area contributed by atoms with Gasteiger partial charge in [-0.15, -0.1) is 0 Å². The molecule has 5 nitrogen and oxygen atoms in total. The molecule has 2 aromatic rings. The van der Waals surface area contributed by atoms with Gasteiger partial charge in [-0.05, 0) is 29.3 Å². The quantitative estimate of drug-likeness (QED) is 0.814. The van der Waals surface area contributed by atoms with E-state index in [1.807, 2.05) is 30.3 Å². The topological polar surface area (TPSA) is 55.8 Å². The lowest BCUT2D eigenvalue weighted by Gasteiger charge is -2.09. The molecule has 1 aliphatic rings. The van der Waals surface area contributed by atoms with E-state index < -0.39 is 12.0 Å². The van der Waals surface area contributed by atoms with Crippen LogP contribution in [0.1, 0.15) is 11.1 Å². The molecule has 3 rings (SSSR count). The molecule has 0 aliphatic carbocycles. The molecule has 1 aliphatic heterocycles. The first-order valence-corrected chi connectivity index (χ1v) is 7.11. The number of carbonyl (C=O) groups is 2. The van der Waals surface area contributed by atoms with Crippen LogP contribution >= 0.6 is 0 Å². The van der Waals surface area contributed by atoms with Gasteiger partial charge in [0.2, 0.25) is 0 Å². The van der Waals surface area contributed by atoms with E-state index in [-0.39, 0.29) is 12.3 Å². The van der Waals surface area contributed by atoms with Crippen LogP contribution in [0.25, 0.3) is 6.08 Å². The summed E-state index contributed by atoms with van der Waals surface area (Å²) in [6, 6.07) is 16.4. The fraction of sp³-hybridized carbons (Fsp3) is 0.111. The number of amides is 2. The minimum absolute atomic E-state index is 0.0131. The van der Waals surface area contributed by atoms with Gasteiger partial charge in [0.15, 0.2) is 5.76 Å². The van der Waals surface area contributed by atoms with Crippen molar-refractivity contribution in [3.05, 3.63) is 71.5 Å². The normalized spacial score (nSPS) is 15.9. The second-order valence-corrected chi connectivity index (χ2v) is 5.03. The van der Waals surface area contributed by atoms with E-state index >= 15 is 0 Å². The number of cyclic esters (lactones) is 1. The molecule has 0 unspecified atom stereocenters. The van der Waals surface area contributed by atoms with Gasteiger partial charge >= 0.3 is 6.09 Å². The highest BCUT2D eigenvalue weighted by Crippen LogP contribution is 2.23. The molecule has 2 amide bonds. The molecule has 2 aromatic carbocycles. The molecular formula is C18H15NO4. The fourth-order valence-corrected chi connectivity index (χ4v) is 2.28. The molecule has 1 saturated heterocycles. The molecule has 1 heterocycles. The van der Waals surface area contributed by atoms with Crippen molar-refractivity contribution in [3.63, 3.8) is 0 Å². The monoisotopic (exact) mass is 309 g/mol. The number of rotatable bonds is 4. The van der Waals surface area contributed by atoms with Crippen molar-refractivity contribution in [2.75, 3.05) is 7.11 Å². The first kappa shape index (κ1) is 14.8. The third kappa shape index (κ3) is 3.23. The summed E-state index contributed by atoms with van der Waals surface area (Å²) in [5, 5.41) is 0. The lowest BCUT2D eigenvalue weighted by atomic mass is 10.2. The predicted molar refractivity (Wildman–Crippen MR) is 84.4 cm³/mol. The van der Waals surface area contributed by atoms with Crippen molar-refractivity contribution in [3.8, 4) is 5.75 Å². The SMILES string of the molecule is COc1cccc(/C=C2\OC(=O)N(Cc3ccccc3)C2=O)c1. The van der Waals surface area contributed by atoms with Crippen molar-refractivity contribution in [2.24, 2.45) is 0 Å². The van der Waals surface area contributed by atoms with Crippen LogP contribution in [0.15, 0.2) is 60.4 Å². The molecule has 0 saturated carbocycles. The van der Waals surface area contributed by atoms with Crippen LogP contribution in [0.2, 0.25) is 0 Å². The first-order chi connectivity index (χ1) is 11.2. The Bertz CT molecular complexity index is 768. The summed E-state index contributed by atoms with van der Waals surface area (Å²) in [7, 11) is 1.56. The molecule has 23 heavy (non-hydrogen) atoms. The number of hydrogen-bond donors (Lipinski definition) is 0. The van der Waals surface area contributed by atoms with Crippen LogP contribution in [-0.2, 0) is 16.1 Å². The third-order valence-corrected chi connectivity index (χ3v) is 3.45. The summed E-state index contributed by atoms with van der Waals surface area (Å²) in [6.07, 6.45) is 0.876. The third-order valence-electron chi connectivity index (χ3n) is 3.45. The highest BCUT2D eigenvalue weighted by atomic mass is 16.6. The molecule has 0 radical (unpaired) electrons.